The highest BCUT2D eigenvalue weighted by Gasteiger charge is 2.67. The van der Waals surface area contributed by atoms with E-state index in [0.717, 1.165) is 25.7 Å². The van der Waals surface area contributed by atoms with Gasteiger partial charge in [-0.25, -0.2) is 4.39 Å². The summed E-state index contributed by atoms with van der Waals surface area (Å²) in [4.78, 5) is 40.0. The Morgan fingerprint density at radius 2 is 1.88 bits per heavy atom. The van der Waals surface area contributed by atoms with Crippen molar-refractivity contribution in [3.05, 3.63) is 64.5 Å². The van der Waals surface area contributed by atoms with Crippen molar-refractivity contribution in [2.45, 2.75) is 36.6 Å². The van der Waals surface area contributed by atoms with Crippen LogP contribution in [-0.4, -0.2) is 107 Å². The number of rotatable bonds is 10. The fourth-order valence-electron chi connectivity index (χ4n) is 4.85. The maximum atomic E-state index is 14.9. The zero-order chi connectivity index (χ0) is 29.3. The van der Waals surface area contributed by atoms with Crippen LogP contribution in [0, 0.1) is 5.82 Å². The van der Waals surface area contributed by atoms with Gasteiger partial charge in [-0.3, -0.25) is 19.3 Å². The molecular weight excluding hydrogens is 526 g/mol. The molecule has 4 rings (SSSR count). The van der Waals surface area contributed by atoms with Gasteiger partial charge < -0.3 is 40.7 Å². The Bertz CT molecular complexity index is 1300. The van der Waals surface area contributed by atoms with Crippen molar-refractivity contribution in [3.63, 3.8) is 0 Å². The number of morpholine rings is 1. The van der Waals surface area contributed by atoms with E-state index in [1.165, 1.54) is 18.2 Å². The smallest absolute Gasteiger partial charge is 0.278 e. The second-order valence-electron chi connectivity index (χ2n) is 9.75. The summed E-state index contributed by atoms with van der Waals surface area (Å²) in [5.74, 6) is -10.7. The summed E-state index contributed by atoms with van der Waals surface area (Å²) in [6.45, 7) is 2.94. The van der Waals surface area contributed by atoms with E-state index in [9.17, 15) is 39.2 Å². The fourth-order valence-corrected chi connectivity index (χ4v) is 4.85. The van der Waals surface area contributed by atoms with Crippen molar-refractivity contribution in [2.75, 3.05) is 38.7 Å². The standard InChI is InChI=1S/C26H30BFN4O8/c1-29-23(35)25(27,26(38,39)24(36,37)15-33)32-14-19-18(22(32)34)3-2-4-21(19)30-12-17-6-5-16(11-20(17)28)13-31-7-9-40-10-8-31/h2-6,11,15,30,36-39H,7-10,12-14H2,1H3,(H,29,35). The summed E-state index contributed by atoms with van der Waals surface area (Å²) in [5.41, 5.74) is -1.40. The van der Waals surface area contributed by atoms with E-state index >= 15 is 0 Å². The Kier molecular flexibility index (Phi) is 8.31. The van der Waals surface area contributed by atoms with Gasteiger partial charge in [0.15, 0.2) is 6.29 Å². The molecule has 2 aliphatic heterocycles. The lowest BCUT2D eigenvalue weighted by Crippen LogP contribution is -2.79. The number of carbonyl (C=O) groups is 3. The van der Waals surface area contributed by atoms with Crippen LogP contribution in [0.15, 0.2) is 36.4 Å². The van der Waals surface area contributed by atoms with Gasteiger partial charge in [0, 0.05) is 62.1 Å². The first kappa shape index (κ1) is 29.6. The lowest BCUT2D eigenvalue weighted by Gasteiger charge is -2.48. The van der Waals surface area contributed by atoms with Gasteiger partial charge >= 0.3 is 0 Å². The number of nitrogens with one attached hydrogen (secondary N) is 2. The number of carbonyl (C=O) groups excluding carboxylic acids is 3. The Morgan fingerprint density at radius 1 is 1.18 bits per heavy atom. The molecule has 1 atom stereocenters. The van der Waals surface area contributed by atoms with E-state index in [0.29, 0.717) is 35.9 Å². The van der Waals surface area contributed by atoms with Gasteiger partial charge in [0.05, 0.1) is 13.2 Å². The van der Waals surface area contributed by atoms with Gasteiger partial charge in [-0.1, -0.05) is 18.2 Å². The summed E-state index contributed by atoms with van der Waals surface area (Å²) < 4.78 is 20.3. The van der Waals surface area contributed by atoms with Crippen LogP contribution < -0.4 is 10.6 Å². The van der Waals surface area contributed by atoms with Crippen molar-refractivity contribution in [1.82, 2.24) is 15.1 Å². The predicted octanol–water partition coefficient (Wildman–Crippen LogP) is -1.60. The van der Waals surface area contributed by atoms with Crippen LogP contribution in [0.25, 0.3) is 0 Å². The zero-order valence-corrected chi connectivity index (χ0v) is 21.8. The second-order valence-corrected chi connectivity index (χ2v) is 9.75. The van der Waals surface area contributed by atoms with Crippen molar-refractivity contribution in [1.29, 1.82) is 0 Å². The number of benzene rings is 2. The van der Waals surface area contributed by atoms with Crippen LogP contribution >= 0.6 is 0 Å². The third-order valence-electron chi connectivity index (χ3n) is 7.27. The monoisotopic (exact) mass is 556 g/mol. The summed E-state index contributed by atoms with van der Waals surface area (Å²) in [7, 11) is 7.08. The minimum Gasteiger partial charge on any atom is -0.381 e. The molecule has 212 valence electrons. The minimum atomic E-state index is -4.03. The summed E-state index contributed by atoms with van der Waals surface area (Å²) >= 11 is 0. The SMILES string of the molecule is [B]C(C(=O)NC)(N1Cc2c(NCc3ccc(CN4CCOCC4)cc3F)cccc2C1=O)C(O)(O)C(O)(O)C=O. The van der Waals surface area contributed by atoms with E-state index in [-0.39, 0.29) is 17.7 Å². The summed E-state index contributed by atoms with van der Waals surface area (Å²) in [6.07, 6.45) is -0.626. The molecule has 12 nitrogen and oxygen atoms in total. The number of amides is 2. The largest absolute Gasteiger partial charge is 0.381 e. The second kappa shape index (κ2) is 11.2. The molecule has 0 bridgehead atoms. The molecule has 14 heteroatoms. The first-order valence-corrected chi connectivity index (χ1v) is 12.5. The molecule has 0 aliphatic carbocycles. The molecule has 0 saturated carbocycles. The number of ether oxygens (including phenoxy) is 1. The average molecular weight is 556 g/mol. The Morgan fingerprint density at radius 3 is 2.50 bits per heavy atom. The number of fused-ring (bicyclic) bond motifs is 1. The number of likely N-dealkylation sites (N-methyl/N-ethyl adjacent to an activating group) is 1. The molecule has 6 N–H and O–H groups in total. The van der Waals surface area contributed by atoms with E-state index in [4.69, 9.17) is 12.6 Å². The Balaban J connectivity index is 1.56. The topological polar surface area (TPSA) is 172 Å². The maximum absolute atomic E-state index is 14.9. The molecule has 1 fully saturated rings. The highest BCUT2D eigenvalue weighted by Crippen LogP contribution is 2.39. The van der Waals surface area contributed by atoms with Gasteiger partial charge in [-0.15, -0.1) is 0 Å². The number of nitrogens with zero attached hydrogens (tertiary/aromatic N) is 2. The number of aliphatic hydroxyl groups is 4. The fraction of sp³-hybridized carbons (Fsp3) is 0.423. The predicted molar refractivity (Wildman–Crippen MR) is 139 cm³/mol. The van der Waals surface area contributed by atoms with E-state index in [2.05, 4.69) is 10.2 Å². The molecule has 2 aromatic carbocycles. The van der Waals surface area contributed by atoms with Crippen molar-refractivity contribution in [2.24, 2.45) is 0 Å². The van der Waals surface area contributed by atoms with Crippen LogP contribution in [0.3, 0.4) is 0 Å². The molecule has 1 unspecified atom stereocenters. The first-order valence-electron chi connectivity index (χ1n) is 12.5. The Labute approximate surface area is 230 Å². The average Bonchev–Trinajstić information content (AvgIpc) is 3.29. The molecule has 0 spiro atoms. The maximum Gasteiger partial charge on any atom is 0.278 e. The lowest BCUT2D eigenvalue weighted by molar-refractivity contribution is -0.352. The van der Waals surface area contributed by atoms with Crippen LogP contribution in [0.5, 0.6) is 0 Å². The minimum absolute atomic E-state index is 0.0217. The number of hydrogen-bond acceptors (Lipinski definition) is 10. The van der Waals surface area contributed by atoms with Crippen molar-refractivity contribution >= 4 is 31.6 Å². The highest BCUT2D eigenvalue weighted by atomic mass is 19.1. The third kappa shape index (κ3) is 5.09. The molecule has 1 saturated heterocycles. The van der Waals surface area contributed by atoms with Crippen LogP contribution in [0.4, 0.5) is 10.1 Å². The highest BCUT2D eigenvalue weighted by molar-refractivity contribution is 6.31. The van der Waals surface area contributed by atoms with E-state index in [1.807, 2.05) is 11.4 Å². The van der Waals surface area contributed by atoms with Crippen molar-refractivity contribution < 1.29 is 43.9 Å². The van der Waals surface area contributed by atoms with Gasteiger partial charge in [0.1, 0.15) is 19.1 Å². The normalized spacial score (nSPS) is 17.8. The summed E-state index contributed by atoms with van der Waals surface area (Å²) in [6, 6.07) is 9.45. The van der Waals surface area contributed by atoms with Crippen LogP contribution in [0.1, 0.15) is 27.0 Å². The number of hydrogen-bond donors (Lipinski definition) is 6. The van der Waals surface area contributed by atoms with Crippen LogP contribution in [0.2, 0.25) is 0 Å². The number of aldehydes is 1. The molecule has 2 heterocycles. The molecule has 2 aromatic rings. The van der Waals surface area contributed by atoms with E-state index < -0.39 is 47.5 Å². The molecule has 2 amide bonds. The van der Waals surface area contributed by atoms with Crippen LogP contribution in [-0.2, 0) is 34.0 Å². The molecule has 0 aromatic heterocycles. The summed E-state index contributed by atoms with van der Waals surface area (Å²) in [5, 5.41) is 46.1. The third-order valence-corrected chi connectivity index (χ3v) is 7.27. The van der Waals surface area contributed by atoms with Gasteiger partial charge in [0.25, 0.3) is 11.7 Å². The number of halogens is 1. The number of anilines is 1. The molecular formula is C26H30BFN4O8. The molecule has 2 radical (unpaired) electrons. The Hall–Kier alpha value is -3.40. The van der Waals surface area contributed by atoms with E-state index in [1.54, 1.807) is 12.1 Å². The van der Waals surface area contributed by atoms with Gasteiger partial charge in [-0.05, 0) is 23.8 Å². The van der Waals surface area contributed by atoms with Gasteiger partial charge in [0.2, 0.25) is 11.7 Å². The molecule has 2 aliphatic rings. The van der Waals surface area contributed by atoms with Crippen molar-refractivity contribution in [3.8, 4) is 0 Å². The van der Waals surface area contributed by atoms with Gasteiger partial charge in [-0.2, -0.15) is 0 Å². The molecule has 40 heavy (non-hydrogen) atoms. The quantitative estimate of drug-likeness (QED) is 0.114. The zero-order valence-electron chi connectivity index (χ0n) is 21.8. The lowest BCUT2D eigenvalue weighted by atomic mass is 9.65. The first-order chi connectivity index (χ1) is 18.9.